The minimum Gasteiger partial charge on any atom is -0.321 e. The molecule has 0 spiro atoms. The highest BCUT2D eigenvalue weighted by Crippen LogP contribution is 2.22. The van der Waals surface area contributed by atoms with Crippen molar-refractivity contribution >= 4 is 22.9 Å². The third-order valence-electron chi connectivity index (χ3n) is 3.76. The van der Waals surface area contributed by atoms with Gasteiger partial charge in [-0.2, -0.15) is 0 Å². The first-order valence-electron chi connectivity index (χ1n) is 7.86. The third-order valence-corrected chi connectivity index (χ3v) is 4.98. The van der Waals surface area contributed by atoms with Gasteiger partial charge in [0.25, 0.3) is 5.91 Å². The van der Waals surface area contributed by atoms with E-state index in [0.717, 1.165) is 40.5 Å². The fourth-order valence-electron chi connectivity index (χ4n) is 2.44. The molecule has 0 atom stereocenters. The van der Waals surface area contributed by atoms with Gasteiger partial charge in [0.1, 0.15) is 4.88 Å². The summed E-state index contributed by atoms with van der Waals surface area (Å²) in [6.07, 6.45) is 3.41. The number of aromatic nitrogens is 2. The molecule has 0 saturated carbocycles. The zero-order valence-electron chi connectivity index (χ0n) is 13.7. The number of para-hydroxylation sites is 1. The Hall–Kier alpha value is -2.53. The lowest BCUT2D eigenvalue weighted by Gasteiger charge is -2.06. The van der Waals surface area contributed by atoms with Crippen molar-refractivity contribution in [3.05, 3.63) is 75.5 Å². The number of hydrogen-bond acceptors (Lipinski definition) is 4. The van der Waals surface area contributed by atoms with Crippen LogP contribution in [0.25, 0.3) is 0 Å². The number of aryl methyl sites for hydroxylation is 4. The van der Waals surface area contributed by atoms with E-state index in [2.05, 4.69) is 15.3 Å². The quantitative estimate of drug-likeness (QED) is 0.759. The minimum absolute atomic E-state index is 0.0941. The highest BCUT2D eigenvalue weighted by atomic mass is 32.1. The first kappa shape index (κ1) is 16.3. The van der Waals surface area contributed by atoms with Crippen LogP contribution in [0.15, 0.2) is 48.7 Å². The molecule has 0 bridgehead atoms. The summed E-state index contributed by atoms with van der Waals surface area (Å²) >= 11 is 1.46. The lowest BCUT2D eigenvalue weighted by molar-refractivity contribution is 0.102. The maximum atomic E-state index is 12.5. The Morgan fingerprint density at radius 2 is 1.88 bits per heavy atom. The lowest BCUT2D eigenvalue weighted by Crippen LogP contribution is -2.12. The number of thiazole rings is 1. The van der Waals surface area contributed by atoms with E-state index in [1.54, 1.807) is 6.20 Å². The molecule has 0 aliphatic carbocycles. The SMILES string of the molecule is Cc1ccccc1NC(=O)c1sc(CCc2ccccn2)nc1C. The Morgan fingerprint density at radius 1 is 1.08 bits per heavy atom. The minimum atomic E-state index is -0.0941. The molecule has 0 unspecified atom stereocenters. The van der Waals surface area contributed by atoms with Gasteiger partial charge >= 0.3 is 0 Å². The van der Waals surface area contributed by atoms with Crippen LogP contribution in [-0.4, -0.2) is 15.9 Å². The number of hydrogen-bond donors (Lipinski definition) is 1. The maximum Gasteiger partial charge on any atom is 0.267 e. The van der Waals surface area contributed by atoms with Crippen LogP contribution >= 0.6 is 11.3 Å². The number of nitrogens with one attached hydrogen (secondary N) is 1. The largest absolute Gasteiger partial charge is 0.321 e. The number of benzene rings is 1. The van der Waals surface area contributed by atoms with Crippen molar-refractivity contribution < 1.29 is 4.79 Å². The van der Waals surface area contributed by atoms with E-state index in [9.17, 15) is 4.79 Å². The molecule has 24 heavy (non-hydrogen) atoms. The molecule has 5 heteroatoms. The average Bonchev–Trinajstić information content (AvgIpc) is 2.97. The second-order valence-corrected chi connectivity index (χ2v) is 6.70. The van der Waals surface area contributed by atoms with Gasteiger partial charge in [0.2, 0.25) is 0 Å². The zero-order valence-corrected chi connectivity index (χ0v) is 14.6. The molecule has 1 N–H and O–H groups in total. The van der Waals surface area contributed by atoms with Crippen molar-refractivity contribution in [3.8, 4) is 0 Å². The van der Waals surface area contributed by atoms with Gasteiger partial charge in [0, 0.05) is 24.0 Å². The Morgan fingerprint density at radius 3 is 2.62 bits per heavy atom. The molecule has 3 aromatic rings. The van der Waals surface area contributed by atoms with Crippen LogP contribution in [0.1, 0.15) is 31.6 Å². The van der Waals surface area contributed by atoms with Crippen LogP contribution in [0, 0.1) is 13.8 Å². The second-order valence-electron chi connectivity index (χ2n) is 5.61. The Balaban J connectivity index is 1.69. The molecule has 0 fully saturated rings. The number of rotatable bonds is 5. The van der Waals surface area contributed by atoms with Gasteiger partial charge in [-0.25, -0.2) is 4.98 Å². The zero-order chi connectivity index (χ0) is 16.9. The standard InChI is InChI=1S/C19H19N3OS/c1-13-7-3-4-9-16(13)22-19(23)18-14(2)21-17(24-18)11-10-15-8-5-6-12-20-15/h3-9,12H,10-11H2,1-2H3,(H,22,23). The summed E-state index contributed by atoms with van der Waals surface area (Å²) in [7, 11) is 0. The molecular formula is C19H19N3OS. The van der Waals surface area contributed by atoms with Gasteiger partial charge in [-0.3, -0.25) is 9.78 Å². The van der Waals surface area contributed by atoms with Gasteiger partial charge in [-0.15, -0.1) is 11.3 Å². The summed E-state index contributed by atoms with van der Waals surface area (Å²) in [4.78, 5) is 22.1. The predicted octanol–water partition coefficient (Wildman–Crippen LogP) is 4.19. The average molecular weight is 337 g/mol. The van der Waals surface area contributed by atoms with Gasteiger partial charge in [-0.1, -0.05) is 24.3 Å². The number of amides is 1. The number of pyridine rings is 1. The maximum absolute atomic E-state index is 12.5. The molecule has 2 heterocycles. The Kier molecular flexibility index (Phi) is 5.01. The van der Waals surface area contributed by atoms with Crippen molar-refractivity contribution in [1.29, 1.82) is 0 Å². The first-order valence-corrected chi connectivity index (χ1v) is 8.68. The molecule has 4 nitrogen and oxygen atoms in total. The van der Waals surface area contributed by atoms with Crippen LogP contribution in [0.2, 0.25) is 0 Å². The summed E-state index contributed by atoms with van der Waals surface area (Å²) < 4.78 is 0. The summed E-state index contributed by atoms with van der Waals surface area (Å²) in [6, 6.07) is 13.7. The van der Waals surface area contributed by atoms with E-state index in [0.29, 0.717) is 4.88 Å². The molecule has 0 radical (unpaired) electrons. The smallest absolute Gasteiger partial charge is 0.267 e. The van der Waals surface area contributed by atoms with E-state index < -0.39 is 0 Å². The molecule has 0 aliphatic rings. The van der Waals surface area contributed by atoms with Crippen LogP contribution in [-0.2, 0) is 12.8 Å². The summed E-state index contributed by atoms with van der Waals surface area (Å²) in [6.45, 7) is 3.86. The van der Waals surface area contributed by atoms with Crippen molar-refractivity contribution in [1.82, 2.24) is 9.97 Å². The summed E-state index contributed by atoms with van der Waals surface area (Å²) in [5.41, 5.74) is 3.70. The number of nitrogens with zero attached hydrogens (tertiary/aromatic N) is 2. The predicted molar refractivity (Wildman–Crippen MR) is 97.6 cm³/mol. The second kappa shape index (κ2) is 7.36. The number of anilines is 1. The fourth-order valence-corrected chi connectivity index (χ4v) is 3.40. The van der Waals surface area contributed by atoms with Gasteiger partial charge in [-0.05, 0) is 44.0 Å². The van der Waals surface area contributed by atoms with Crippen molar-refractivity contribution in [2.75, 3.05) is 5.32 Å². The molecule has 0 aliphatic heterocycles. The molecular weight excluding hydrogens is 318 g/mol. The van der Waals surface area contributed by atoms with E-state index in [1.807, 2.05) is 56.3 Å². The summed E-state index contributed by atoms with van der Waals surface area (Å²) in [5.74, 6) is -0.0941. The molecule has 1 amide bonds. The van der Waals surface area contributed by atoms with E-state index in [-0.39, 0.29) is 5.91 Å². The van der Waals surface area contributed by atoms with Crippen molar-refractivity contribution in [2.24, 2.45) is 0 Å². The number of carbonyl (C=O) groups is 1. The molecule has 3 rings (SSSR count). The first-order chi connectivity index (χ1) is 11.6. The highest BCUT2D eigenvalue weighted by molar-refractivity contribution is 7.13. The number of carbonyl (C=O) groups excluding carboxylic acids is 1. The molecule has 1 aromatic carbocycles. The molecule has 0 saturated heterocycles. The highest BCUT2D eigenvalue weighted by Gasteiger charge is 2.16. The van der Waals surface area contributed by atoms with Crippen LogP contribution in [0.4, 0.5) is 5.69 Å². The van der Waals surface area contributed by atoms with E-state index >= 15 is 0 Å². The van der Waals surface area contributed by atoms with Crippen LogP contribution in [0.5, 0.6) is 0 Å². The topological polar surface area (TPSA) is 54.9 Å². The van der Waals surface area contributed by atoms with Crippen LogP contribution in [0.3, 0.4) is 0 Å². The van der Waals surface area contributed by atoms with E-state index in [4.69, 9.17) is 0 Å². The lowest BCUT2D eigenvalue weighted by atomic mass is 10.2. The Labute approximate surface area is 145 Å². The van der Waals surface area contributed by atoms with Crippen molar-refractivity contribution in [3.63, 3.8) is 0 Å². The fraction of sp³-hybridized carbons (Fsp3) is 0.211. The Bertz CT molecular complexity index is 843. The normalized spacial score (nSPS) is 10.6. The van der Waals surface area contributed by atoms with Gasteiger partial charge in [0.15, 0.2) is 0 Å². The van der Waals surface area contributed by atoms with E-state index in [1.165, 1.54) is 11.3 Å². The van der Waals surface area contributed by atoms with Gasteiger partial charge in [0.05, 0.1) is 10.7 Å². The molecule has 2 aromatic heterocycles. The van der Waals surface area contributed by atoms with Crippen LogP contribution < -0.4 is 5.32 Å². The van der Waals surface area contributed by atoms with Gasteiger partial charge < -0.3 is 5.32 Å². The summed E-state index contributed by atoms with van der Waals surface area (Å²) in [5, 5.41) is 3.94. The third kappa shape index (κ3) is 3.86. The van der Waals surface area contributed by atoms with Crippen molar-refractivity contribution in [2.45, 2.75) is 26.7 Å². The molecule has 122 valence electrons. The monoisotopic (exact) mass is 337 g/mol.